The van der Waals surface area contributed by atoms with E-state index in [0.717, 1.165) is 27.7 Å². The molecule has 0 amide bonds. The number of rotatable bonds is 11. The van der Waals surface area contributed by atoms with Crippen LogP contribution in [0.3, 0.4) is 0 Å². The van der Waals surface area contributed by atoms with Gasteiger partial charge in [0.05, 0.1) is 41.4 Å². The van der Waals surface area contributed by atoms with Crippen molar-refractivity contribution in [1.29, 1.82) is 0 Å². The molecule has 328 valence electrons. The first-order chi connectivity index (χ1) is 26.8. The normalized spacial score (nSPS) is 12.4. The van der Waals surface area contributed by atoms with Gasteiger partial charge in [0.1, 0.15) is 26.7 Å². The summed E-state index contributed by atoms with van der Waals surface area (Å²) in [5.74, 6) is -0.257. The highest BCUT2D eigenvalue weighted by atomic mass is 35.5. The molecule has 0 fully saturated rings. The Balaban J connectivity index is 0.000000336. The van der Waals surface area contributed by atoms with E-state index < -0.39 is 46.3 Å². The highest BCUT2D eigenvalue weighted by molar-refractivity contribution is 6.34. The van der Waals surface area contributed by atoms with Crippen LogP contribution in [0.4, 0.5) is 26.3 Å². The van der Waals surface area contributed by atoms with Gasteiger partial charge in [0, 0.05) is 18.3 Å². The second kappa shape index (κ2) is 20.3. The summed E-state index contributed by atoms with van der Waals surface area (Å²) in [6, 6.07) is 9.03. The molecule has 4 aromatic heterocycles. The molecular weight excluding hydrogens is 857 g/mol. The number of nitrogens with one attached hydrogen (secondary N) is 1. The number of ether oxygens (including phenoxy) is 4. The fourth-order valence-corrected chi connectivity index (χ4v) is 4.53. The first-order valence-electron chi connectivity index (χ1n) is 17.7. The molecule has 1 N–H and O–H groups in total. The third-order valence-electron chi connectivity index (χ3n) is 7.66. The SMILES string of the molecule is CC(C)(C)OC(=O)c1ccc(-n2ccc(OCCC(C)(C)C(F)(F)F)n2)nc1Cl.CC(C)(C)OC(=O)c1ccc(Cl)nc1Cl.CC(C)(CCOc1ccn[nH]1)C(F)(F)F. The highest BCUT2D eigenvalue weighted by Gasteiger charge is 2.47. The Morgan fingerprint density at radius 1 is 0.661 bits per heavy atom. The summed E-state index contributed by atoms with van der Waals surface area (Å²) in [4.78, 5) is 31.6. The van der Waals surface area contributed by atoms with Gasteiger partial charge in [-0.1, -0.05) is 62.5 Å². The van der Waals surface area contributed by atoms with Gasteiger partial charge in [-0.15, -0.1) is 5.10 Å². The summed E-state index contributed by atoms with van der Waals surface area (Å²) < 4.78 is 98.0. The van der Waals surface area contributed by atoms with Gasteiger partial charge in [-0.3, -0.25) is 0 Å². The van der Waals surface area contributed by atoms with Gasteiger partial charge in [0.25, 0.3) is 0 Å². The zero-order chi connectivity index (χ0) is 45.2. The van der Waals surface area contributed by atoms with Crippen LogP contribution in [0.1, 0.15) is 103 Å². The molecule has 0 aliphatic carbocycles. The van der Waals surface area contributed by atoms with Gasteiger partial charge in [-0.2, -0.15) is 31.4 Å². The summed E-state index contributed by atoms with van der Waals surface area (Å²) in [6.45, 7) is 15.0. The molecule has 21 heteroatoms. The van der Waals surface area contributed by atoms with Crippen molar-refractivity contribution in [3.05, 3.63) is 75.4 Å². The summed E-state index contributed by atoms with van der Waals surface area (Å²) in [7, 11) is 0. The Labute approximate surface area is 353 Å². The molecule has 4 heterocycles. The molecule has 0 unspecified atom stereocenters. The first-order valence-corrected chi connectivity index (χ1v) is 18.8. The summed E-state index contributed by atoms with van der Waals surface area (Å²) >= 11 is 17.5. The highest BCUT2D eigenvalue weighted by Crippen LogP contribution is 2.41. The standard InChI is InChI=1S/C19H23ClF3N3O3.C10H11Cl2NO2.C9H13F3N2O/c1-17(2,3)29-16(27)12-6-7-13(24-15(12)20)26-10-8-14(25-26)28-11-9-18(4,5)19(21,22)23;1-10(2,3)15-9(14)6-4-5-7(11)13-8(6)12;1-8(2,9(10,11)12)4-6-15-7-3-5-13-14-7/h6-8,10H,9,11H2,1-5H3;4-5H,1-3H3;3,5H,4,6H2,1-2H3,(H,13,14). The minimum Gasteiger partial charge on any atom is -0.478 e. The van der Waals surface area contributed by atoms with Gasteiger partial charge in [0.2, 0.25) is 11.8 Å². The lowest BCUT2D eigenvalue weighted by Gasteiger charge is -2.27. The van der Waals surface area contributed by atoms with E-state index in [1.54, 1.807) is 47.6 Å². The number of aromatic nitrogens is 6. The second-order valence-electron chi connectivity index (χ2n) is 16.0. The molecule has 0 aliphatic heterocycles. The van der Waals surface area contributed by atoms with E-state index in [0.29, 0.717) is 11.7 Å². The molecule has 0 aliphatic rings. The first kappa shape index (κ1) is 50.9. The van der Waals surface area contributed by atoms with Gasteiger partial charge in [-0.05, 0) is 78.6 Å². The van der Waals surface area contributed by atoms with Crippen LogP contribution in [0.15, 0.2) is 48.8 Å². The maximum atomic E-state index is 12.9. The lowest BCUT2D eigenvalue weighted by molar-refractivity contribution is -0.215. The second-order valence-corrected chi connectivity index (χ2v) is 17.1. The van der Waals surface area contributed by atoms with E-state index >= 15 is 0 Å². The monoisotopic (exact) mass is 902 g/mol. The Bertz CT molecular complexity index is 1980. The van der Waals surface area contributed by atoms with E-state index in [1.165, 1.54) is 47.4 Å². The zero-order valence-corrected chi connectivity index (χ0v) is 36.3. The number of esters is 2. The number of halogens is 9. The predicted octanol–water partition coefficient (Wildman–Crippen LogP) is 11.3. The smallest absolute Gasteiger partial charge is 0.394 e. The molecule has 0 saturated heterocycles. The van der Waals surface area contributed by atoms with Crippen LogP contribution in [0, 0.1) is 10.8 Å². The van der Waals surface area contributed by atoms with Crippen LogP contribution >= 0.6 is 34.8 Å². The van der Waals surface area contributed by atoms with E-state index in [1.807, 2.05) is 0 Å². The van der Waals surface area contributed by atoms with Crippen LogP contribution in [0.25, 0.3) is 5.82 Å². The summed E-state index contributed by atoms with van der Waals surface area (Å²) in [5.41, 5.74) is -4.48. The molecule has 59 heavy (non-hydrogen) atoms. The van der Waals surface area contributed by atoms with Crippen molar-refractivity contribution >= 4 is 46.7 Å². The van der Waals surface area contributed by atoms with Crippen LogP contribution < -0.4 is 9.47 Å². The Hall–Kier alpha value is -4.29. The molecule has 4 aromatic rings. The fraction of sp³-hybridized carbons (Fsp3) is 0.526. The number of aromatic amines is 1. The number of H-pyrrole nitrogens is 1. The van der Waals surface area contributed by atoms with Crippen LogP contribution in [0.5, 0.6) is 11.8 Å². The minimum absolute atomic E-state index is 0.00863. The van der Waals surface area contributed by atoms with Crippen LogP contribution in [-0.2, 0) is 9.47 Å². The summed E-state index contributed by atoms with van der Waals surface area (Å²) in [5, 5.41) is 10.5. The predicted molar refractivity (Wildman–Crippen MR) is 209 cm³/mol. The Kier molecular flexibility index (Phi) is 17.5. The number of hydrogen-bond donors (Lipinski definition) is 1. The Morgan fingerprint density at radius 3 is 1.56 bits per heavy atom. The van der Waals surface area contributed by atoms with Gasteiger partial charge >= 0.3 is 24.3 Å². The number of carbonyl (C=O) groups is 2. The molecule has 0 radical (unpaired) electrons. The van der Waals surface area contributed by atoms with Gasteiger partial charge < -0.3 is 18.9 Å². The number of alkyl halides is 6. The molecular formula is C38H47Cl3F6N6O6. The molecule has 4 rings (SSSR count). The van der Waals surface area contributed by atoms with Crippen molar-refractivity contribution in [3.63, 3.8) is 0 Å². The van der Waals surface area contributed by atoms with Gasteiger partial charge in [-0.25, -0.2) is 29.3 Å². The van der Waals surface area contributed by atoms with E-state index in [9.17, 15) is 35.9 Å². The van der Waals surface area contributed by atoms with Crippen molar-refractivity contribution in [1.82, 2.24) is 29.9 Å². The average molecular weight is 904 g/mol. The topological polar surface area (TPSA) is 143 Å². The average Bonchev–Trinajstić information content (AvgIpc) is 3.75. The molecule has 0 bridgehead atoms. The van der Waals surface area contributed by atoms with Crippen molar-refractivity contribution in [3.8, 4) is 17.6 Å². The molecule has 0 spiro atoms. The maximum Gasteiger partial charge on any atom is 0.394 e. The van der Waals surface area contributed by atoms with Crippen molar-refractivity contribution < 1.29 is 54.9 Å². The number of hydrogen-bond acceptors (Lipinski definition) is 10. The Morgan fingerprint density at radius 2 is 1.14 bits per heavy atom. The van der Waals surface area contributed by atoms with E-state index in [4.69, 9.17) is 53.8 Å². The number of carbonyl (C=O) groups excluding carboxylic acids is 2. The third-order valence-corrected chi connectivity index (χ3v) is 8.44. The number of nitrogens with zero attached hydrogens (tertiary/aromatic N) is 5. The lowest BCUT2D eigenvalue weighted by atomic mass is 9.89. The molecule has 0 aromatic carbocycles. The van der Waals surface area contributed by atoms with Crippen molar-refractivity contribution in [2.24, 2.45) is 10.8 Å². The molecule has 12 nitrogen and oxygen atoms in total. The molecule has 0 saturated carbocycles. The zero-order valence-electron chi connectivity index (χ0n) is 34.0. The fourth-order valence-electron chi connectivity index (χ4n) is 3.88. The molecule has 0 atom stereocenters. The van der Waals surface area contributed by atoms with Crippen molar-refractivity contribution in [2.75, 3.05) is 13.2 Å². The summed E-state index contributed by atoms with van der Waals surface area (Å²) in [6.07, 6.45) is -5.82. The minimum atomic E-state index is -4.31. The van der Waals surface area contributed by atoms with E-state index in [-0.39, 0.29) is 58.5 Å². The third kappa shape index (κ3) is 17.1. The van der Waals surface area contributed by atoms with Crippen molar-refractivity contribution in [2.45, 2.75) is 106 Å². The van der Waals surface area contributed by atoms with Crippen LogP contribution in [0.2, 0.25) is 15.5 Å². The quantitative estimate of drug-likeness (QED) is 0.0877. The van der Waals surface area contributed by atoms with Gasteiger partial charge in [0.15, 0.2) is 5.82 Å². The van der Waals surface area contributed by atoms with Crippen LogP contribution in [-0.4, -0.2) is 78.7 Å². The largest absolute Gasteiger partial charge is 0.478 e. The van der Waals surface area contributed by atoms with E-state index in [2.05, 4.69) is 25.3 Å². The number of pyridine rings is 2. The maximum absolute atomic E-state index is 12.9. The lowest BCUT2D eigenvalue weighted by Crippen LogP contribution is -2.33.